The van der Waals surface area contributed by atoms with Crippen molar-refractivity contribution in [2.24, 2.45) is 5.73 Å². The van der Waals surface area contributed by atoms with Gasteiger partial charge in [-0.05, 0) is 24.9 Å². The molecule has 0 aromatic heterocycles. The van der Waals surface area contributed by atoms with Crippen LogP contribution >= 0.6 is 11.8 Å². The molecule has 0 saturated carbocycles. The number of nitrogens with zero attached hydrogens (tertiary/aromatic N) is 2. The molecule has 2 aliphatic heterocycles. The number of nitrogens with two attached hydrogens (primary N) is 1. The molecule has 1 unspecified atom stereocenters. The highest BCUT2D eigenvalue weighted by molar-refractivity contribution is 7.98. The van der Waals surface area contributed by atoms with Crippen LogP contribution in [-0.4, -0.2) is 65.3 Å². The number of carbonyl (C=O) groups is 2. The summed E-state index contributed by atoms with van der Waals surface area (Å²) >= 11 is 1.71. The van der Waals surface area contributed by atoms with Crippen molar-refractivity contribution in [1.82, 2.24) is 9.80 Å². The normalized spacial score (nSPS) is 25.2. The van der Waals surface area contributed by atoms with Crippen LogP contribution in [0.2, 0.25) is 0 Å². The molecular weight excluding hydrogens is 250 g/mol. The Balaban J connectivity index is 1.87. The Kier molecular flexibility index (Phi) is 4.50. The van der Waals surface area contributed by atoms with Crippen LogP contribution in [0.3, 0.4) is 0 Å². The van der Waals surface area contributed by atoms with Gasteiger partial charge in [-0.1, -0.05) is 0 Å². The lowest BCUT2D eigenvalue weighted by Gasteiger charge is -2.38. The number of hydrogen-bond acceptors (Lipinski definition) is 4. The van der Waals surface area contributed by atoms with E-state index in [0.717, 1.165) is 18.6 Å². The van der Waals surface area contributed by atoms with Gasteiger partial charge < -0.3 is 15.5 Å². The van der Waals surface area contributed by atoms with Crippen LogP contribution in [0.15, 0.2) is 0 Å². The Morgan fingerprint density at radius 1 is 1.56 bits per heavy atom. The molecule has 0 radical (unpaired) electrons. The van der Waals surface area contributed by atoms with Gasteiger partial charge in [-0.3, -0.25) is 9.59 Å². The molecule has 0 bridgehead atoms. The number of rotatable bonds is 4. The molecule has 0 aliphatic carbocycles. The number of fused-ring (bicyclic) bond motifs is 1. The first-order valence-corrected chi connectivity index (χ1v) is 7.85. The van der Waals surface area contributed by atoms with Gasteiger partial charge in [-0.2, -0.15) is 11.8 Å². The summed E-state index contributed by atoms with van der Waals surface area (Å²) in [6, 6.07) is -0.163. The van der Waals surface area contributed by atoms with Gasteiger partial charge in [0.25, 0.3) is 0 Å². The minimum absolute atomic E-state index is 0.0445. The van der Waals surface area contributed by atoms with Crippen molar-refractivity contribution in [2.75, 3.05) is 31.6 Å². The zero-order valence-electron chi connectivity index (χ0n) is 10.8. The van der Waals surface area contributed by atoms with Gasteiger partial charge in [-0.15, -0.1) is 0 Å². The number of piperazine rings is 1. The maximum absolute atomic E-state index is 12.2. The first-order chi connectivity index (χ1) is 8.63. The van der Waals surface area contributed by atoms with Crippen molar-refractivity contribution in [3.8, 4) is 0 Å². The van der Waals surface area contributed by atoms with Gasteiger partial charge in [0.1, 0.15) is 0 Å². The molecule has 2 fully saturated rings. The van der Waals surface area contributed by atoms with Crippen LogP contribution in [-0.2, 0) is 9.59 Å². The minimum atomic E-state index is -0.388. The average Bonchev–Trinajstić information content (AvgIpc) is 2.76. The van der Waals surface area contributed by atoms with E-state index in [-0.39, 0.29) is 23.9 Å². The van der Waals surface area contributed by atoms with Gasteiger partial charge in [-0.25, -0.2) is 0 Å². The third kappa shape index (κ3) is 2.80. The third-order valence-electron chi connectivity index (χ3n) is 3.76. The van der Waals surface area contributed by atoms with E-state index in [0.29, 0.717) is 26.1 Å². The topological polar surface area (TPSA) is 66.6 Å². The van der Waals surface area contributed by atoms with Crippen molar-refractivity contribution in [3.05, 3.63) is 0 Å². The molecule has 18 heavy (non-hydrogen) atoms. The maximum atomic E-state index is 12.2. The quantitative estimate of drug-likeness (QED) is 0.775. The fraction of sp³-hybridized carbons (Fsp3) is 0.833. The van der Waals surface area contributed by atoms with Crippen molar-refractivity contribution in [3.63, 3.8) is 0 Å². The molecule has 6 heteroatoms. The van der Waals surface area contributed by atoms with Gasteiger partial charge in [0.2, 0.25) is 11.8 Å². The Morgan fingerprint density at radius 3 is 3.06 bits per heavy atom. The summed E-state index contributed by atoms with van der Waals surface area (Å²) in [5.41, 5.74) is 5.91. The highest BCUT2D eigenvalue weighted by atomic mass is 32.2. The summed E-state index contributed by atoms with van der Waals surface area (Å²) in [4.78, 5) is 27.5. The van der Waals surface area contributed by atoms with E-state index in [1.165, 1.54) is 0 Å². The predicted octanol–water partition coefficient (Wildman–Crippen LogP) is -0.1000. The Morgan fingerprint density at radius 2 is 2.33 bits per heavy atom. The van der Waals surface area contributed by atoms with E-state index in [1.54, 1.807) is 11.8 Å². The van der Waals surface area contributed by atoms with Crippen LogP contribution in [0.1, 0.15) is 19.3 Å². The van der Waals surface area contributed by atoms with Crippen LogP contribution in [0, 0.1) is 0 Å². The van der Waals surface area contributed by atoms with Gasteiger partial charge in [0.15, 0.2) is 0 Å². The minimum Gasteiger partial charge on any atom is -0.338 e. The second-order valence-corrected chi connectivity index (χ2v) is 5.94. The monoisotopic (exact) mass is 271 g/mol. The lowest BCUT2D eigenvalue weighted by molar-refractivity contribution is -0.139. The average molecular weight is 271 g/mol. The summed E-state index contributed by atoms with van der Waals surface area (Å²) in [6.45, 7) is 1.97. The van der Waals surface area contributed by atoms with Gasteiger partial charge in [0, 0.05) is 32.1 Å². The van der Waals surface area contributed by atoms with Crippen molar-refractivity contribution < 1.29 is 9.59 Å². The summed E-state index contributed by atoms with van der Waals surface area (Å²) < 4.78 is 0. The first kappa shape index (κ1) is 13.7. The summed E-state index contributed by atoms with van der Waals surface area (Å²) in [5.74, 6) is 1.19. The van der Waals surface area contributed by atoms with Crippen LogP contribution in [0.5, 0.6) is 0 Å². The van der Waals surface area contributed by atoms with E-state index >= 15 is 0 Å². The van der Waals surface area contributed by atoms with Crippen LogP contribution in [0.25, 0.3) is 0 Å². The Hall–Kier alpha value is -0.750. The second-order valence-electron chi connectivity index (χ2n) is 4.95. The molecule has 2 aliphatic rings. The molecule has 5 nitrogen and oxygen atoms in total. The second kappa shape index (κ2) is 5.93. The zero-order chi connectivity index (χ0) is 13.1. The number of carbonyl (C=O) groups excluding carboxylic acids is 2. The van der Waals surface area contributed by atoms with E-state index in [9.17, 15) is 9.59 Å². The highest BCUT2D eigenvalue weighted by Gasteiger charge is 2.37. The Bertz CT molecular complexity index is 337. The maximum Gasteiger partial charge on any atom is 0.239 e. The zero-order valence-corrected chi connectivity index (χ0v) is 11.6. The van der Waals surface area contributed by atoms with E-state index in [1.807, 2.05) is 16.1 Å². The molecule has 2 rings (SSSR count). The van der Waals surface area contributed by atoms with Crippen molar-refractivity contribution in [1.29, 1.82) is 0 Å². The molecule has 2 N–H and O–H groups in total. The lowest BCUT2D eigenvalue weighted by Crippen LogP contribution is -2.56. The van der Waals surface area contributed by atoms with Crippen LogP contribution < -0.4 is 5.73 Å². The smallest absolute Gasteiger partial charge is 0.239 e. The largest absolute Gasteiger partial charge is 0.338 e. The van der Waals surface area contributed by atoms with E-state index < -0.39 is 0 Å². The van der Waals surface area contributed by atoms with Crippen molar-refractivity contribution >= 4 is 23.6 Å². The summed E-state index contributed by atoms with van der Waals surface area (Å²) in [6.07, 6.45) is 4.25. The molecule has 2 saturated heterocycles. The first-order valence-electron chi connectivity index (χ1n) is 6.46. The lowest BCUT2D eigenvalue weighted by atomic mass is 10.1. The predicted molar refractivity (Wildman–Crippen MR) is 72.3 cm³/mol. The summed E-state index contributed by atoms with van der Waals surface area (Å²) in [7, 11) is 0. The molecular formula is C12H21N3O2S. The van der Waals surface area contributed by atoms with E-state index in [2.05, 4.69) is 0 Å². The molecule has 2 amide bonds. The molecule has 102 valence electrons. The third-order valence-corrected chi connectivity index (χ3v) is 4.40. The fourth-order valence-electron chi connectivity index (χ4n) is 2.67. The van der Waals surface area contributed by atoms with Gasteiger partial charge in [0.05, 0.1) is 6.04 Å². The molecule has 0 aromatic carbocycles. The van der Waals surface area contributed by atoms with Crippen molar-refractivity contribution in [2.45, 2.75) is 31.3 Å². The number of amides is 2. The SMILES string of the molecule is CSCC[C@H](N)C(=O)N1CCN2C(=O)CCC2C1. The van der Waals surface area contributed by atoms with Gasteiger partial charge >= 0.3 is 0 Å². The summed E-state index contributed by atoms with van der Waals surface area (Å²) in [5, 5.41) is 0. The number of thioether (sulfide) groups is 1. The molecule has 0 spiro atoms. The highest BCUT2D eigenvalue weighted by Crippen LogP contribution is 2.23. The fourth-order valence-corrected chi connectivity index (χ4v) is 3.16. The molecule has 0 aromatic rings. The van der Waals surface area contributed by atoms with E-state index in [4.69, 9.17) is 5.73 Å². The number of hydrogen-bond donors (Lipinski definition) is 1. The molecule has 2 heterocycles. The Labute approximate surface area is 112 Å². The standard InChI is InChI=1S/C12H21N3O2S/c1-18-7-4-10(13)12(17)14-5-6-15-9(8-14)2-3-11(15)16/h9-10H,2-8,13H2,1H3/t9?,10-/m0/s1. The molecule has 2 atom stereocenters. The van der Waals surface area contributed by atoms with Crippen LogP contribution in [0.4, 0.5) is 0 Å².